The molecule has 0 aliphatic carbocycles. The first-order valence-corrected chi connectivity index (χ1v) is 9.66. The molecule has 4 rings (SSSR count). The normalized spacial score (nSPS) is 22.1. The highest BCUT2D eigenvalue weighted by Crippen LogP contribution is 2.30. The van der Waals surface area contributed by atoms with E-state index in [9.17, 15) is 4.79 Å². The van der Waals surface area contributed by atoms with Crippen LogP contribution in [-0.2, 0) is 17.8 Å². The molecule has 1 amide bonds. The predicted octanol–water partition coefficient (Wildman–Crippen LogP) is 2.27. The van der Waals surface area contributed by atoms with Crippen molar-refractivity contribution in [3.8, 4) is 0 Å². The Bertz CT molecular complexity index is 772. The van der Waals surface area contributed by atoms with Crippen molar-refractivity contribution in [3.63, 3.8) is 0 Å². The van der Waals surface area contributed by atoms with Crippen molar-refractivity contribution in [1.29, 1.82) is 0 Å². The van der Waals surface area contributed by atoms with Crippen LogP contribution < -0.4 is 5.73 Å². The summed E-state index contributed by atoms with van der Waals surface area (Å²) in [7, 11) is 0. The summed E-state index contributed by atoms with van der Waals surface area (Å²) in [5.41, 5.74) is 7.39. The molecule has 0 saturated carbocycles. The predicted molar refractivity (Wildman–Crippen MR) is 99.4 cm³/mol. The van der Waals surface area contributed by atoms with Gasteiger partial charge in [0.05, 0.1) is 5.92 Å². The molecule has 2 aliphatic heterocycles. The molecule has 1 aromatic heterocycles. The van der Waals surface area contributed by atoms with Gasteiger partial charge in [-0.3, -0.25) is 4.79 Å². The first-order chi connectivity index (χ1) is 12.6. The second kappa shape index (κ2) is 7.19. The lowest BCUT2D eigenvalue weighted by molar-refractivity contribution is -0.137. The van der Waals surface area contributed by atoms with Gasteiger partial charge in [0, 0.05) is 38.0 Å². The third-order valence-corrected chi connectivity index (χ3v) is 5.85. The molecule has 1 saturated heterocycles. The Morgan fingerprint density at radius 2 is 2.00 bits per heavy atom. The molecule has 1 fully saturated rings. The number of amides is 1. The Morgan fingerprint density at radius 1 is 1.19 bits per heavy atom. The monoisotopic (exact) mass is 353 g/mol. The zero-order chi connectivity index (χ0) is 18.1. The van der Waals surface area contributed by atoms with E-state index < -0.39 is 0 Å². The number of aromatic nitrogens is 3. The van der Waals surface area contributed by atoms with Gasteiger partial charge in [0.1, 0.15) is 11.6 Å². The number of hydrogen-bond donors (Lipinski definition) is 1. The van der Waals surface area contributed by atoms with E-state index in [-0.39, 0.29) is 23.8 Å². The van der Waals surface area contributed by atoms with Gasteiger partial charge in [-0.2, -0.15) is 0 Å². The summed E-state index contributed by atoms with van der Waals surface area (Å²) in [5, 5.41) is 8.77. The highest BCUT2D eigenvalue weighted by Gasteiger charge is 2.33. The van der Waals surface area contributed by atoms with Gasteiger partial charge >= 0.3 is 0 Å². The number of carbonyl (C=O) groups is 1. The van der Waals surface area contributed by atoms with E-state index in [4.69, 9.17) is 5.73 Å². The van der Waals surface area contributed by atoms with E-state index in [1.54, 1.807) is 0 Å². The van der Waals surface area contributed by atoms with Gasteiger partial charge < -0.3 is 15.2 Å². The van der Waals surface area contributed by atoms with Gasteiger partial charge in [-0.25, -0.2) is 0 Å². The fourth-order valence-electron chi connectivity index (χ4n) is 4.27. The highest BCUT2D eigenvalue weighted by atomic mass is 16.2. The zero-order valence-corrected chi connectivity index (χ0v) is 15.3. The van der Waals surface area contributed by atoms with Crippen molar-refractivity contribution in [2.45, 2.75) is 51.1 Å². The van der Waals surface area contributed by atoms with Crippen molar-refractivity contribution in [1.82, 2.24) is 19.7 Å². The van der Waals surface area contributed by atoms with Crippen molar-refractivity contribution in [2.75, 3.05) is 13.1 Å². The molecule has 138 valence electrons. The number of likely N-dealkylation sites (tertiary alicyclic amines) is 1. The molecule has 2 aromatic rings. The van der Waals surface area contributed by atoms with E-state index in [0.29, 0.717) is 0 Å². The van der Waals surface area contributed by atoms with Crippen molar-refractivity contribution < 1.29 is 4.79 Å². The second-order valence-corrected chi connectivity index (χ2v) is 7.58. The minimum Gasteiger partial charge on any atom is -0.342 e. The number of benzene rings is 1. The lowest BCUT2D eigenvalue weighted by Crippen LogP contribution is -2.44. The number of aryl methyl sites for hydroxylation is 1. The molecular formula is C20H27N5O. The van der Waals surface area contributed by atoms with Crippen LogP contribution in [0.5, 0.6) is 0 Å². The summed E-state index contributed by atoms with van der Waals surface area (Å²) >= 11 is 0. The number of hydrogen-bond acceptors (Lipinski definition) is 4. The molecule has 26 heavy (non-hydrogen) atoms. The van der Waals surface area contributed by atoms with E-state index in [1.165, 1.54) is 0 Å². The number of nitrogens with zero attached hydrogens (tertiary/aromatic N) is 4. The SMILES string of the molecule is CC(C(=O)N1CCCC(c2nnc3n2CCC3)C1)C(N)c1ccccc1. The van der Waals surface area contributed by atoms with Crippen LogP contribution in [0.2, 0.25) is 0 Å². The second-order valence-electron chi connectivity index (χ2n) is 7.58. The summed E-state index contributed by atoms with van der Waals surface area (Å²) in [5.74, 6) is 2.36. The standard InChI is InChI=1S/C20H27N5O/c1-14(18(21)15-7-3-2-4-8-15)20(26)24-11-5-9-16(13-24)19-23-22-17-10-6-12-25(17)19/h2-4,7-8,14,16,18H,5-6,9-13,21H2,1H3. The zero-order valence-electron chi connectivity index (χ0n) is 15.3. The topological polar surface area (TPSA) is 77.0 Å². The number of piperidine rings is 1. The molecule has 3 atom stereocenters. The minimum atomic E-state index is -0.276. The average Bonchev–Trinajstić information content (AvgIpc) is 3.31. The molecule has 1 aromatic carbocycles. The van der Waals surface area contributed by atoms with E-state index in [1.807, 2.05) is 42.2 Å². The highest BCUT2D eigenvalue weighted by molar-refractivity contribution is 5.79. The van der Waals surface area contributed by atoms with Crippen LogP contribution in [0.3, 0.4) is 0 Å². The maximum atomic E-state index is 13.1. The van der Waals surface area contributed by atoms with Gasteiger partial charge in [-0.05, 0) is 24.8 Å². The molecule has 2 aliphatic rings. The largest absolute Gasteiger partial charge is 0.342 e. The molecule has 3 unspecified atom stereocenters. The van der Waals surface area contributed by atoms with Gasteiger partial charge in [0.25, 0.3) is 0 Å². The maximum Gasteiger partial charge on any atom is 0.227 e. The summed E-state index contributed by atoms with van der Waals surface area (Å²) in [6.45, 7) is 4.49. The lowest BCUT2D eigenvalue weighted by Gasteiger charge is -2.35. The van der Waals surface area contributed by atoms with Crippen molar-refractivity contribution >= 4 is 5.91 Å². The lowest BCUT2D eigenvalue weighted by atomic mass is 9.91. The smallest absolute Gasteiger partial charge is 0.227 e. The first-order valence-electron chi connectivity index (χ1n) is 9.66. The van der Waals surface area contributed by atoms with Crippen LogP contribution in [-0.4, -0.2) is 38.7 Å². The molecule has 0 bridgehead atoms. The van der Waals surface area contributed by atoms with Gasteiger partial charge in [-0.15, -0.1) is 10.2 Å². The molecule has 0 spiro atoms. The van der Waals surface area contributed by atoms with Crippen LogP contribution in [0, 0.1) is 5.92 Å². The van der Waals surface area contributed by atoms with Gasteiger partial charge in [0.15, 0.2) is 0 Å². The van der Waals surface area contributed by atoms with E-state index in [2.05, 4.69) is 14.8 Å². The maximum absolute atomic E-state index is 13.1. The third kappa shape index (κ3) is 3.14. The summed E-state index contributed by atoms with van der Waals surface area (Å²) in [6, 6.07) is 9.61. The summed E-state index contributed by atoms with van der Waals surface area (Å²) < 4.78 is 2.26. The third-order valence-electron chi connectivity index (χ3n) is 5.85. The Morgan fingerprint density at radius 3 is 2.81 bits per heavy atom. The number of carbonyl (C=O) groups excluding carboxylic acids is 1. The molecule has 2 N–H and O–H groups in total. The molecule has 3 heterocycles. The average molecular weight is 353 g/mol. The van der Waals surface area contributed by atoms with E-state index >= 15 is 0 Å². The van der Waals surface area contributed by atoms with Crippen LogP contribution in [0.4, 0.5) is 0 Å². The van der Waals surface area contributed by atoms with Crippen molar-refractivity contribution in [3.05, 3.63) is 47.5 Å². The molecule has 0 radical (unpaired) electrons. The fraction of sp³-hybridized carbons (Fsp3) is 0.550. The minimum absolute atomic E-state index is 0.146. The quantitative estimate of drug-likeness (QED) is 0.915. The Balaban J connectivity index is 1.46. The van der Waals surface area contributed by atoms with E-state index in [0.717, 1.165) is 62.5 Å². The Hall–Kier alpha value is -2.21. The fourth-order valence-corrected chi connectivity index (χ4v) is 4.27. The van der Waals surface area contributed by atoms with Crippen LogP contribution in [0.15, 0.2) is 30.3 Å². The van der Waals surface area contributed by atoms with Crippen LogP contribution in [0.1, 0.15) is 55.4 Å². The first kappa shape index (κ1) is 17.2. The Labute approximate surface area is 154 Å². The van der Waals surface area contributed by atoms with Gasteiger partial charge in [0.2, 0.25) is 5.91 Å². The Kier molecular flexibility index (Phi) is 4.76. The van der Waals surface area contributed by atoms with Gasteiger partial charge in [-0.1, -0.05) is 37.3 Å². The summed E-state index contributed by atoms with van der Waals surface area (Å²) in [6.07, 6.45) is 4.24. The van der Waals surface area contributed by atoms with Crippen LogP contribution >= 0.6 is 0 Å². The molecular weight excluding hydrogens is 326 g/mol. The number of rotatable bonds is 4. The van der Waals surface area contributed by atoms with Crippen molar-refractivity contribution in [2.24, 2.45) is 11.7 Å². The number of nitrogens with two attached hydrogens (primary N) is 1. The molecule has 6 heteroatoms. The molecule has 6 nitrogen and oxygen atoms in total. The summed E-state index contributed by atoms with van der Waals surface area (Å²) in [4.78, 5) is 15.0. The number of fused-ring (bicyclic) bond motifs is 1. The van der Waals surface area contributed by atoms with Crippen LogP contribution in [0.25, 0.3) is 0 Å².